The number of hydrogen-bond donors (Lipinski definition) is 2. The van der Waals surface area contributed by atoms with Crippen molar-refractivity contribution in [3.05, 3.63) is 64.8 Å². The molecule has 0 spiro atoms. The fourth-order valence-electron chi connectivity index (χ4n) is 2.13. The van der Waals surface area contributed by atoms with Gasteiger partial charge in [-0.25, -0.2) is 4.79 Å². The number of halogens is 1. The van der Waals surface area contributed by atoms with E-state index in [2.05, 4.69) is 15.4 Å². The molecule has 1 amide bonds. The van der Waals surface area contributed by atoms with Gasteiger partial charge in [0.25, 0.3) is 5.91 Å². The molecule has 2 aromatic rings. The number of rotatable bonds is 6. The molecule has 0 bridgehead atoms. The molecule has 138 valence electrons. The Morgan fingerprint density at radius 3 is 2.56 bits per heavy atom. The van der Waals surface area contributed by atoms with Crippen LogP contribution in [0.2, 0.25) is 5.02 Å². The zero-order valence-corrected chi connectivity index (χ0v) is 15.3. The Bertz CT molecular complexity index is 935. The second-order valence-corrected chi connectivity index (χ2v) is 5.56. The molecule has 0 fully saturated rings. The van der Waals surface area contributed by atoms with Crippen LogP contribution in [0.15, 0.2) is 54.2 Å². The predicted molar refractivity (Wildman–Crippen MR) is 102 cm³/mol. The van der Waals surface area contributed by atoms with E-state index in [-0.39, 0.29) is 16.8 Å². The molecule has 0 atom stereocenters. The number of esters is 1. The summed E-state index contributed by atoms with van der Waals surface area (Å²) in [6, 6.07) is 13.1. The molecule has 7 nitrogen and oxygen atoms in total. The second kappa shape index (κ2) is 9.27. The van der Waals surface area contributed by atoms with Crippen LogP contribution in [0.3, 0.4) is 0 Å². The molecule has 0 aliphatic rings. The summed E-state index contributed by atoms with van der Waals surface area (Å²) in [6.45, 7) is 0. The molecule has 27 heavy (non-hydrogen) atoms. The van der Waals surface area contributed by atoms with E-state index >= 15 is 0 Å². The molecule has 0 aliphatic heterocycles. The van der Waals surface area contributed by atoms with Gasteiger partial charge in [-0.1, -0.05) is 23.7 Å². The van der Waals surface area contributed by atoms with Crippen molar-refractivity contribution in [2.75, 3.05) is 24.9 Å². The lowest BCUT2D eigenvalue weighted by Gasteiger charge is -2.09. The first kappa shape index (κ1) is 19.8. The fourth-order valence-corrected chi connectivity index (χ4v) is 2.39. The van der Waals surface area contributed by atoms with Crippen LogP contribution in [-0.2, 0) is 9.53 Å². The first-order chi connectivity index (χ1) is 13.0. The Morgan fingerprint density at radius 1 is 1.19 bits per heavy atom. The van der Waals surface area contributed by atoms with E-state index in [0.29, 0.717) is 16.5 Å². The van der Waals surface area contributed by atoms with Crippen molar-refractivity contribution in [2.45, 2.75) is 0 Å². The molecule has 2 rings (SSSR count). The predicted octanol–water partition coefficient (Wildman–Crippen LogP) is 3.59. The Hall–Kier alpha value is -3.50. The van der Waals surface area contributed by atoms with Gasteiger partial charge in [0.05, 0.1) is 30.5 Å². The number of anilines is 2. The lowest BCUT2D eigenvalue weighted by molar-refractivity contribution is -0.112. The van der Waals surface area contributed by atoms with Gasteiger partial charge in [-0.05, 0) is 30.3 Å². The molecular formula is C19H16ClN3O4. The summed E-state index contributed by atoms with van der Waals surface area (Å²) in [5.41, 5.74) is 0.793. The number of para-hydroxylation sites is 1. The number of benzene rings is 2. The number of ether oxygens (including phenoxy) is 2. The van der Waals surface area contributed by atoms with Crippen LogP contribution in [0.1, 0.15) is 10.4 Å². The minimum absolute atomic E-state index is 0.181. The molecule has 8 heteroatoms. The highest BCUT2D eigenvalue weighted by atomic mass is 35.5. The fraction of sp³-hybridized carbons (Fsp3) is 0.105. The van der Waals surface area contributed by atoms with Crippen molar-refractivity contribution < 1.29 is 19.1 Å². The Labute approximate surface area is 161 Å². The van der Waals surface area contributed by atoms with Crippen LogP contribution in [-0.4, -0.2) is 26.1 Å². The van der Waals surface area contributed by atoms with Gasteiger partial charge < -0.3 is 20.1 Å². The van der Waals surface area contributed by atoms with Gasteiger partial charge in [-0.2, -0.15) is 5.26 Å². The number of nitriles is 1. The minimum atomic E-state index is -0.680. The van der Waals surface area contributed by atoms with Crippen LogP contribution in [0, 0.1) is 11.3 Å². The quantitative estimate of drug-likeness (QED) is 0.447. The standard InChI is InChI=1S/C19H16ClN3O4/c1-26-17-8-7-13(9-15(17)20)22-11-12(10-21)18(24)23-16-6-4-3-5-14(16)19(25)27-2/h3-9,11,22H,1-2H3,(H,23,24)/b12-11-. The highest BCUT2D eigenvalue weighted by molar-refractivity contribution is 6.32. The highest BCUT2D eigenvalue weighted by Crippen LogP contribution is 2.27. The SMILES string of the molecule is COC(=O)c1ccccc1NC(=O)/C(C#N)=C\Nc1ccc(OC)c(Cl)c1. The summed E-state index contributed by atoms with van der Waals surface area (Å²) >= 11 is 6.04. The summed E-state index contributed by atoms with van der Waals surface area (Å²) in [7, 11) is 2.74. The number of amides is 1. The van der Waals surface area contributed by atoms with E-state index < -0.39 is 11.9 Å². The van der Waals surface area contributed by atoms with Crippen LogP contribution in [0.5, 0.6) is 5.75 Å². The summed E-state index contributed by atoms with van der Waals surface area (Å²) in [5.74, 6) is -0.774. The summed E-state index contributed by atoms with van der Waals surface area (Å²) in [4.78, 5) is 24.1. The van der Waals surface area contributed by atoms with Crippen molar-refractivity contribution >= 4 is 34.9 Å². The molecule has 0 radical (unpaired) electrons. The van der Waals surface area contributed by atoms with E-state index in [9.17, 15) is 14.9 Å². The molecule has 0 aliphatic carbocycles. The van der Waals surface area contributed by atoms with E-state index in [1.807, 2.05) is 0 Å². The van der Waals surface area contributed by atoms with Gasteiger partial charge in [0.1, 0.15) is 17.4 Å². The van der Waals surface area contributed by atoms with Crippen LogP contribution in [0.4, 0.5) is 11.4 Å². The van der Waals surface area contributed by atoms with Gasteiger partial charge in [0.2, 0.25) is 0 Å². The average Bonchev–Trinajstić information content (AvgIpc) is 2.68. The third-order valence-corrected chi connectivity index (χ3v) is 3.78. The maximum Gasteiger partial charge on any atom is 0.339 e. The maximum atomic E-state index is 12.4. The smallest absolute Gasteiger partial charge is 0.339 e. The molecule has 2 N–H and O–H groups in total. The number of nitrogens with one attached hydrogen (secondary N) is 2. The summed E-state index contributed by atoms with van der Waals surface area (Å²) < 4.78 is 9.74. The van der Waals surface area contributed by atoms with Crippen molar-refractivity contribution in [1.82, 2.24) is 0 Å². The van der Waals surface area contributed by atoms with Gasteiger partial charge in [-0.3, -0.25) is 4.79 Å². The maximum absolute atomic E-state index is 12.4. The molecule has 0 unspecified atom stereocenters. The second-order valence-electron chi connectivity index (χ2n) is 5.15. The number of methoxy groups -OCH3 is 2. The van der Waals surface area contributed by atoms with E-state index in [4.69, 9.17) is 16.3 Å². The summed E-state index contributed by atoms with van der Waals surface area (Å²) in [5, 5.41) is 15.0. The van der Waals surface area contributed by atoms with Crippen molar-refractivity contribution in [3.8, 4) is 11.8 Å². The average molecular weight is 386 g/mol. The Balaban J connectivity index is 2.17. The number of carbonyl (C=O) groups is 2. The van der Waals surface area contributed by atoms with Crippen molar-refractivity contribution in [3.63, 3.8) is 0 Å². The highest BCUT2D eigenvalue weighted by Gasteiger charge is 2.15. The zero-order chi connectivity index (χ0) is 19.8. The van der Waals surface area contributed by atoms with Gasteiger partial charge in [0, 0.05) is 11.9 Å². The Kier molecular flexibility index (Phi) is 6.80. The third kappa shape index (κ3) is 5.00. The van der Waals surface area contributed by atoms with E-state index in [1.165, 1.54) is 32.6 Å². The van der Waals surface area contributed by atoms with Gasteiger partial charge >= 0.3 is 5.97 Å². The molecule has 2 aromatic carbocycles. The molecular weight excluding hydrogens is 370 g/mol. The lowest BCUT2D eigenvalue weighted by Crippen LogP contribution is -2.17. The monoisotopic (exact) mass is 385 g/mol. The molecule has 0 heterocycles. The van der Waals surface area contributed by atoms with Gasteiger partial charge in [-0.15, -0.1) is 0 Å². The molecule has 0 saturated heterocycles. The van der Waals surface area contributed by atoms with E-state index in [0.717, 1.165) is 0 Å². The largest absolute Gasteiger partial charge is 0.495 e. The number of nitrogens with zero attached hydrogens (tertiary/aromatic N) is 1. The van der Waals surface area contributed by atoms with Crippen molar-refractivity contribution in [1.29, 1.82) is 5.26 Å². The van der Waals surface area contributed by atoms with Gasteiger partial charge in [0.15, 0.2) is 0 Å². The normalized spacial score (nSPS) is 10.5. The summed E-state index contributed by atoms with van der Waals surface area (Å²) in [6.07, 6.45) is 1.24. The number of carbonyl (C=O) groups excluding carboxylic acids is 2. The van der Waals surface area contributed by atoms with Crippen molar-refractivity contribution in [2.24, 2.45) is 0 Å². The molecule has 0 aromatic heterocycles. The third-order valence-electron chi connectivity index (χ3n) is 3.48. The zero-order valence-electron chi connectivity index (χ0n) is 14.6. The van der Waals surface area contributed by atoms with Crippen LogP contribution < -0.4 is 15.4 Å². The van der Waals surface area contributed by atoms with E-state index in [1.54, 1.807) is 36.4 Å². The first-order valence-corrected chi connectivity index (χ1v) is 8.07. The molecule has 0 saturated carbocycles. The van der Waals surface area contributed by atoms with Crippen LogP contribution in [0.25, 0.3) is 0 Å². The van der Waals surface area contributed by atoms with Crippen LogP contribution >= 0.6 is 11.6 Å². The first-order valence-electron chi connectivity index (χ1n) is 7.69. The topological polar surface area (TPSA) is 100 Å². The Morgan fingerprint density at radius 2 is 1.93 bits per heavy atom. The number of hydrogen-bond acceptors (Lipinski definition) is 6. The lowest BCUT2D eigenvalue weighted by atomic mass is 10.1. The minimum Gasteiger partial charge on any atom is -0.495 e.